The van der Waals surface area contributed by atoms with Crippen LogP contribution in [0.2, 0.25) is 0 Å². The van der Waals surface area contributed by atoms with Gasteiger partial charge in [0.25, 0.3) is 5.91 Å². The summed E-state index contributed by atoms with van der Waals surface area (Å²) >= 11 is 0. The molecule has 0 fully saturated rings. The van der Waals surface area contributed by atoms with Crippen molar-refractivity contribution in [3.63, 3.8) is 0 Å². The monoisotopic (exact) mass is 319 g/mol. The van der Waals surface area contributed by atoms with Gasteiger partial charge in [0.1, 0.15) is 5.69 Å². The van der Waals surface area contributed by atoms with Crippen molar-refractivity contribution in [2.24, 2.45) is 0 Å². The minimum Gasteiger partial charge on any atom is -0.350 e. The highest BCUT2D eigenvalue weighted by molar-refractivity contribution is 6.09. The molecule has 1 heterocycles. The molecule has 4 heteroatoms. The van der Waals surface area contributed by atoms with Crippen molar-refractivity contribution in [2.75, 3.05) is 0 Å². The first-order valence-electron chi connectivity index (χ1n) is 8.02. The highest BCUT2D eigenvalue weighted by Gasteiger charge is 2.19. The van der Waals surface area contributed by atoms with Crippen molar-refractivity contribution in [3.05, 3.63) is 72.1 Å². The number of fused-ring (bicyclic) bond motifs is 1. The first-order chi connectivity index (χ1) is 11.6. The molecule has 0 atom stereocenters. The summed E-state index contributed by atoms with van der Waals surface area (Å²) in [6, 6.07) is 16.1. The number of benzene rings is 2. The Morgan fingerprint density at radius 3 is 2.58 bits per heavy atom. The van der Waals surface area contributed by atoms with Crippen LogP contribution in [0.15, 0.2) is 60.8 Å². The molecular formula is C20H21N3O. The fourth-order valence-electron chi connectivity index (χ4n) is 2.68. The van der Waals surface area contributed by atoms with Crippen molar-refractivity contribution in [1.29, 1.82) is 0 Å². The Morgan fingerprint density at radius 1 is 1.12 bits per heavy atom. The minimum atomic E-state index is -0.211. The van der Waals surface area contributed by atoms with Gasteiger partial charge in [-0.1, -0.05) is 55.5 Å². The number of rotatable bonds is 5. The minimum absolute atomic E-state index is 0.211. The number of carbonyl (C=O) groups is 1. The Bertz CT molecular complexity index is 894. The molecular weight excluding hydrogens is 298 g/mol. The Kier molecular flexibility index (Phi) is 4.38. The van der Waals surface area contributed by atoms with Gasteiger partial charge in [-0.2, -0.15) is 0 Å². The van der Waals surface area contributed by atoms with Gasteiger partial charge in [0.2, 0.25) is 0 Å². The van der Waals surface area contributed by atoms with Gasteiger partial charge in [-0.3, -0.25) is 10.2 Å². The van der Waals surface area contributed by atoms with E-state index < -0.39 is 0 Å². The van der Waals surface area contributed by atoms with Crippen LogP contribution >= 0.6 is 0 Å². The van der Waals surface area contributed by atoms with Crippen LogP contribution in [0, 0.1) is 6.92 Å². The Balaban J connectivity index is 2.10. The van der Waals surface area contributed by atoms with Crippen LogP contribution in [0.1, 0.15) is 29.4 Å². The summed E-state index contributed by atoms with van der Waals surface area (Å²) in [6.45, 7) is 7.86. The smallest absolute Gasteiger partial charge is 0.286 e. The molecule has 0 saturated carbocycles. The molecule has 0 saturated heterocycles. The lowest BCUT2D eigenvalue weighted by Gasteiger charge is -2.10. The van der Waals surface area contributed by atoms with Crippen LogP contribution in [0.4, 0.5) is 0 Å². The van der Waals surface area contributed by atoms with Crippen LogP contribution in [-0.4, -0.2) is 10.9 Å². The highest BCUT2D eigenvalue weighted by atomic mass is 16.2. The van der Waals surface area contributed by atoms with E-state index in [1.165, 1.54) is 0 Å². The zero-order valence-corrected chi connectivity index (χ0v) is 13.9. The quantitative estimate of drug-likeness (QED) is 0.614. The third-order valence-corrected chi connectivity index (χ3v) is 4.02. The van der Waals surface area contributed by atoms with Crippen LogP contribution in [0.5, 0.6) is 0 Å². The number of hydrazine groups is 1. The van der Waals surface area contributed by atoms with Gasteiger partial charge in [-0.25, -0.2) is 0 Å². The number of hydrogen-bond donors (Lipinski definition) is 3. The molecule has 3 aromatic rings. The molecule has 0 spiro atoms. The van der Waals surface area contributed by atoms with E-state index in [2.05, 4.69) is 28.5 Å². The van der Waals surface area contributed by atoms with Gasteiger partial charge in [0, 0.05) is 22.2 Å². The predicted molar refractivity (Wildman–Crippen MR) is 98.5 cm³/mol. The Hall–Kier alpha value is -3.01. The lowest BCUT2D eigenvalue weighted by molar-refractivity contribution is 0.0935. The summed E-state index contributed by atoms with van der Waals surface area (Å²) in [6.07, 6.45) is 0.748. The van der Waals surface area contributed by atoms with Gasteiger partial charge in [0.15, 0.2) is 0 Å². The van der Waals surface area contributed by atoms with E-state index >= 15 is 0 Å². The van der Waals surface area contributed by atoms with Crippen LogP contribution in [-0.2, 0) is 0 Å². The van der Waals surface area contributed by atoms with Crippen molar-refractivity contribution >= 4 is 16.8 Å². The van der Waals surface area contributed by atoms with Gasteiger partial charge < -0.3 is 10.4 Å². The van der Waals surface area contributed by atoms with E-state index in [-0.39, 0.29) is 5.91 Å². The molecule has 0 bridgehead atoms. The zero-order valence-electron chi connectivity index (χ0n) is 13.9. The fraction of sp³-hybridized carbons (Fsp3) is 0.150. The van der Waals surface area contributed by atoms with Crippen molar-refractivity contribution < 1.29 is 4.79 Å². The van der Waals surface area contributed by atoms with Gasteiger partial charge in [0.05, 0.1) is 0 Å². The number of allylic oxidation sites excluding steroid dienone is 1. The summed E-state index contributed by atoms with van der Waals surface area (Å²) in [5.41, 5.74) is 10.9. The molecule has 4 nitrogen and oxygen atoms in total. The van der Waals surface area contributed by atoms with E-state index in [0.717, 1.165) is 39.7 Å². The Morgan fingerprint density at radius 2 is 1.88 bits per heavy atom. The number of aromatic nitrogens is 1. The lowest BCUT2D eigenvalue weighted by Crippen LogP contribution is -2.36. The molecule has 122 valence electrons. The standard InChI is InChI=1S/C20H21N3O/c1-4-14(3)22-23-20(24)19-18(15-8-6-5-7-9-15)16-12-13(2)10-11-17(16)21-19/h5-12,21-22H,3-4H2,1-2H3,(H,23,24). The maximum absolute atomic E-state index is 12.7. The van der Waals surface area contributed by atoms with Gasteiger partial charge in [-0.05, 0) is 31.0 Å². The molecule has 0 aliphatic rings. The topological polar surface area (TPSA) is 56.9 Å². The molecule has 3 rings (SSSR count). The SMILES string of the molecule is C=C(CC)NNC(=O)c1[nH]c2ccc(C)cc2c1-c1ccccc1. The molecule has 24 heavy (non-hydrogen) atoms. The van der Waals surface area contributed by atoms with Crippen molar-refractivity contribution in [3.8, 4) is 11.1 Å². The molecule has 3 N–H and O–H groups in total. The highest BCUT2D eigenvalue weighted by Crippen LogP contribution is 2.33. The van der Waals surface area contributed by atoms with Gasteiger partial charge >= 0.3 is 0 Å². The van der Waals surface area contributed by atoms with Gasteiger partial charge in [-0.15, -0.1) is 0 Å². The molecule has 2 aromatic carbocycles. The zero-order chi connectivity index (χ0) is 17.1. The number of aryl methyl sites for hydroxylation is 1. The summed E-state index contributed by atoms with van der Waals surface area (Å²) in [7, 11) is 0. The maximum atomic E-state index is 12.7. The second-order valence-electron chi connectivity index (χ2n) is 5.83. The number of hydrogen-bond acceptors (Lipinski definition) is 2. The van der Waals surface area contributed by atoms with Crippen molar-refractivity contribution in [1.82, 2.24) is 15.8 Å². The van der Waals surface area contributed by atoms with Crippen molar-refractivity contribution in [2.45, 2.75) is 20.3 Å². The Labute approximate surface area is 141 Å². The average molecular weight is 319 g/mol. The first-order valence-corrected chi connectivity index (χ1v) is 8.02. The third kappa shape index (κ3) is 3.04. The molecule has 0 radical (unpaired) electrons. The molecule has 0 unspecified atom stereocenters. The van der Waals surface area contributed by atoms with Crippen LogP contribution in [0.25, 0.3) is 22.0 Å². The first kappa shape index (κ1) is 15.9. The summed E-state index contributed by atoms with van der Waals surface area (Å²) in [4.78, 5) is 15.9. The average Bonchev–Trinajstić information content (AvgIpc) is 2.98. The fourth-order valence-corrected chi connectivity index (χ4v) is 2.68. The summed E-state index contributed by atoms with van der Waals surface area (Å²) < 4.78 is 0. The van der Waals surface area contributed by atoms with E-state index in [1.807, 2.05) is 56.3 Å². The summed E-state index contributed by atoms with van der Waals surface area (Å²) in [5.74, 6) is -0.211. The molecule has 1 aromatic heterocycles. The molecule has 1 amide bonds. The maximum Gasteiger partial charge on any atom is 0.286 e. The number of amides is 1. The number of carbonyl (C=O) groups excluding carboxylic acids is 1. The van der Waals surface area contributed by atoms with E-state index in [4.69, 9.17) is 0 Å². The lowest BCUT2D eigenvalue weighted by atomic mass is 10.0. The normalized spacial score (nSPS) is 10.6. The number of H-pyrrole nitrogens is 1. The third-order valence-electron chi connectivity index (χ3n) is 4.02. The largest absolute Gasteiger partial charge is 0.350 e. The van der Waals surface area contributed by atoms with Crippen LogP contribution < -0.4 is 10.9 Å². The van der Waals surface area contributed by atoms with E-state index in [9.17, 15) is 4.79 Å². The molecule has 0 aliphatic heterocycles. The van der Waals surface area contributed by atoms with E-state index in [1.54, 1.807) is 0 Å². The number of nitrogens with one attached hydrogen (secondary N) is 3. The predicted octanol–water partition coefficient (Wildman–Crippen LogP) is 4.30. The summed E-state index contributed by atoms with van der Waals surface area (Å²) in [5, 5.41) is 1.04. The second-order valence-corrected chi connectivity index (χ2v) is 5.83. The van der Waals surface area contributed by atoms with E-state index in [0.29, 0.717) is 5.69 Å². The molecule has 0 aliphatic carbocycles. The van der Waals surface area contributed by atoms with Crippen LogP contribution in [0.3, 0.4) is 0 Å². The number of aromatic amines is 1. The second kappa shape index (κ2) is 6.62.